The standard InChI is InChI=1S/C20H14Cl2N4O/c21-12-3-5-14(6-4-12)27-16-10-17(23)26-20(24)18(16)19-15-9-13(22)2-1-11(15)7-8-25-19/h1-10H,(H4,23,24,26). The number of nitrogens with zero attached hydrogens (tertiary/aromatic N) is 2. The highest BCUT2D eigenvalue weighted by molar-refractivity contribution is 6.31. The Hall–Kier alpha value is -3.02. The van der Waals surface area contributed by atoms with Crippen LogP contribution in [0.15, 0.2) is 60.8 Å². The van der Waals surface area contributed by atoms with Crippen LogP contribution in [0.25, 0.3) is 22.0 Å². The molecule has 7 heteroatoms. The van der Waals surface area contributed by atoms with E-state index in [1.807, 2.05) is 24.3 Å². The molecular weight excluding hydrogens is 383 g/mol. The van der Waals surface area contributed by atoms with E-state index in [1.54, 1.807) is 36.5 Å². The van der Waals surface area contributed by atoms with E-state index in [4.69, 9.17) is 39.4 Å². The van der Waals surface area contributed by atoms with Gasteiger partial charge in [0.15, 0.2) is 0 Å². The zero-order chi connectivity index (χ0) is 19.0. The van der Waals surface area contributed by atoms with E-state index in [0.717, 1.165) is 10.8 Å². The molecule has 0 radical (unpaired) electrons. The van der Waals surface area contributed by atoms with Gasteiger partial charge in [0.1, 0.15) is 23.1 Å². The third-order valence-electron chi connectivity index (χ3n) is 4.04. The highest BCUT2D eigenvalue weighted by atomic mass is 35.5. The first-order valence-electron chi connectivity index (χ1n) is 8.05. The van der Waals surface area contributed by atoms with Crippen molar-refractivity contribution in [1.82, 2.24) is 9.97 Å². The van der Waals surface area contributed by atoms with Gasteiger partial charge in [-0.15, -0.1) is 0 Å². The number of pyridine rings is 2. The summed E-state index contributed by atoms with van der Waals surface area (Å²) >= 11 is 12.1. The van der Waals surface area contributed by atoms with Gasteiger partial charge < -0.3 is 16.2 Å². The third-order valence-corrected chi connectivity index (χ3v) is 4.52. The summed E-state index contributed by atoms with van der Waals surface area (Å²) < 4.78 is 6.03. The Balaban J connectivity index is 1.93. The summed E-state index contributed by atoms with van der Waals surface area (Å²) in [6, 6.07) is 16.1. The van der Waals surface area contributed by atoms with Crippen LogP contribution in [0, 0.1) is 0 Å². The monoisotopic (exact) mass is 396 g/mol. The summed E-state index contributed by atoms with van der Waals surface area (Å²) in [7, 11) is 0. The van der Waals surface area contributed by atoms with E-state index in [0.29, 0.717) is 32.8 Å². The van der Waals surface area contributed by atoms with Crippen molar-refractivity contribution in [3.63, 3.8) is 0 Å². The first kappa shape index (κ1) is 17.4. The number of aromatic nitrogens is 2. The quantitative estimate of drug-likeness (QED) is 0.473. The molecule has 4 aromatic rings. The van der Waals surface area contributed by atoms with Gasteiger partial charge in [0.05, 0.1) is 11.3 Å². The van der Waals surface area contributed by atoms with Crippen molar-refractivity contribution in [2.24, 2.45) is 0 Å². The zero-order valence-corrected chi connectivity index (χ0v) is 15.5. The van der Waals surface area contributed by atoms with Gasteiger partial charge in [-0.25, -0.2) is 4.98 Å². The Morgan fingerprint density at radius 1 is 0.852 bits per heavy atom. The number of nitrogen functional groups attached to an aromatic ring is 2. The van der Waals surface area contributed by atoms with Crippen molar-refractivity contribution < 1.29 is 4.74 Å². The lowest BCUT2D eigenvalue weighted by atomic mass is 10.0. The lowest BCUT2D eigenvalue weighted by molar-refractivity contribution is 0.484. The van der Waals surface area contributed by atoms with Crippen LogP contribution in [0.4, 0.5) is 11.6 Å². The Morgan fingerprint density at radius 3 is 2.37 bits per heavy atom. The molecular formula is C20H14Cl2N4O. The smallest absolute Gasteiger partial charge is 0.144 e. The van der Waals surface area contributed by atoms with Gasteiger partial charge in [0, 0.05) is 27.7 Å². The maximum absolute atomic E-state index is 6.20. The van der Waals surface area contributed by atoms with Crippen molar-refractivity contribution in [3.05, 3.63) is 70.8 Å². The fraction of sp³-hybridized carbons (Fsp3) is 0. The van der Waals surface area contributed by atoms with Crippen molar-refractivity contribution in [3.8, 4) is 22.8 Å². The summed E-state index contributed by atoms with van der Waals surface area (Å²) in [5, 5.41) is 3.02. The lowest BCUT2D eigenvalue weighted by Gasteiger charge is -2.15. The van der Waals surface area contributed by atoms with Crippen LogP contribution in [0.1, 0.15) is 0 Å². The highest BCUT2D eigenvalue weighted by Gasteiger charge is 2.18. The van der Waals surface area contributed by atoms with E-state index in [9.17, 15) is 0 Å². The molecule has 0 fully saturated rings. The van der Waals surface area contributed by atoms with Crippen LogP contribution in [-0.2, 0) is 0 Å². The molecule has 0 aliphatic rings. The molecule has 2 heterocycles. The fourth-order valence-corrected chi connectivity index (χ4v) is 3.15. The van der Waals surface area contributed by atoms with Gasteiger partial charge in [0.2, 0.25) is 0 Å². The molecule has 0 aliphatic heterocycles. The molecule has 4 N–H and O–H groups in total. The minimum atomic E-state index is 0.221. The molecule has 134 valence electrons. The predicted octanol–water partition coefficient (Wildman–Crippen LogP) is 5.56. The number of rotatable bonds is 3. The average Bonchev–Trinajstić information content (AvgIpc) is 2.63. The zero-order valence-electron chi connectivity index (χ0n) is 14.0. The van der Waals surface area contributed by atoms with E-state index < -0.39 is 0 Å². The van der Waals surface area contributed by atoms with Crippen molar-refractivity contribution in [2.45, 2.75) is 0 Å². The summed E-state index contributed by atoms with van der Waals surface area (Å²) in [6.07, 6.45) is 1.70. The Bertz CT molecular complexity index is 1150. The first-order chi connectivity index (χ1) is 13.0. The number of hydrogen-bond acceptors (Lipinski definition) is 5. The molecule has 2 aromatic carbocycles. The van der Waals surface area contributed by atoms with Crippen LogP contribution in [0.2, 0.25) is 10.0 Å². The average molecular weight is 397 g/mol. The molecule has 5 nitrogen and oxygen atoms in total. The van der Waals surface area contributed by atoms with Crippen LogP contribution >= 0.6 is 23.2 Å². The molecule has 0 saturated carbocycles. The highest BCUT2D eigenvalue weighted by Crippen LogP contribution is 2.40. The normalized spacial score (nSPS) is 10.9. The predicted molar refractivity (Wildman–Crippen MR) is 110 cm³/mol. The number of nitrogens with two attached hydrogens (primary N) is 2. The van der Waals surface area contributed by atoms with Gasteiger partial charge in [-0.3, -0.25) is 4.98 Å². The molecule has 0 spiro atoms. The minimum absolute atomic E-state index is 0.221. The molecule has 27 heavy (non-hydrogen) atoms. The molecule has 0 amide bonds. The number of anilines is 2. The van der Waals surface area contributed by atoms with Crippen molar-refractivity contribution >= 4 is 45.6 Å². The molecule has 4 rings (SSSR count). The van der Waals surface area contributed by atoms with Crippen molar-refractivity contribution in [2.75, 3.05) is 11.5 Å². The maximum atomic E-state index is 6.20. The SMILES string of the molecule is Nc1cc(Oc2ccc(Cl)cc2)c(-c2nccc3ccc(Cl)cc23)c(N)n1. The number of fused-ring (bicyclic) bond motifs is 1. The van der Waals surface area contributed by atoms with Crippen LogP contribution in [0.3, 0.4) is 0 Å². The topological polar surface area (TPSA) is 87.0 Å². The number of benzene rings is 2. The minimum Gasteiger partial charge on any atom is -0.456 e. The molecule has 0 unspecified atom stereocenters. The Morgan fingerprint density at radius 2 is 1.59 bits per heavy atom. The van der Waals surface area contributed by atoms with Gasteiger partial charge in [0.25, 0.3) is 0 Å². The molecule has 0 atom stereocenters. The molecule has 0 bridgehead atoms. The Labute approximate surface area is 165 Å². The van der Waals surface area contributed by atoms with E-state index >= 15 is 0 Å². The van der Waals surface area contributed by atoms with Crippen molar-refractivity contribution in [1.29, 1.82) is 0 Å². The number of halogens is 2. The molecule has 2 aromatic heterocycles. The number of hydrogen-bond donors (Lipinski definition) is 2. The maximum Gasteiger partial charge on any atom is 0.144 e. The van der Waals surface area contributed by atoms with Gasteiger partial charge in [-0.05, 0) is 47.9 Å². The van der Waals surface area contributed by atoms with E-state index in [2.05, 4.69) is 9.97 Å². The Kier molecular flexibility index (Phi) is 4.48. The second kappa shape index (κ2) is 6.95. The van der Waals surface area contributed by atoms with Crippen LogP contribution < -0.4 is 16.2 Å². The summed E-state index contributed by atoms with van der Waals surface area (Å²) in [5.41, 5.74) is 13.2. The third kappa shape index (κ3) is 3.47. The van der Waals surface area contributed by atoms with E-state index in [-0.39, 0.29) is 11.6 Å². The first-order valence-corrected chi connectivity index (χ1v) is 8.81. The van der Waals surface area contributed by atoms with E-state index in [1.165, 1.54) is 0 Å². The lowest BCUT2D eigenvalue weighted by Crippen LogP contribution is -2.02. The molecule has 0 saturated heterocycles. The second-order valence-electron chi connectivity index (χ2n) is 5.89. The number of ether oxygens (including phenoxy) is 1. The summed E-state index contributed by atoms with van der Waals surface area (Å²) in [5.74, 6) is 1.50. The summed E-state index contributed by atoms with van der Waals surface area (Å²) in [6.45, 7) is 0. The summed E-state index contributed by atoms with van der Waals surface area (Å²) in [4.78, 5) is 8.68. The largest absolute Gasteiger partial charge is 0.456 e. The van der Waals surface area contributed by atoms with Gasteiger partial charge in [-0.2, -0.15) is 0 Å². The van der Waals surface area contributed by atoms with Gasteiger partial charge >= 0.3 is 0 Å². The fourth-order valence-electron chi connectivity index (χ4n) is 2.85. The van der Waals surface area contributed by atoms with Crippen LogP contribution in [-0.4, -0.2) is 9.97 Å². The molecule has 0 aliphatic carbocycles. The van der Waals surface area contributed by atoms with Gasteiger partial charge in [-0.1, -0.05) is 29.3 Å². The second-order valence-corrected chi connectivity index (χ2v) is 6.76. The van der Waals surface area contributed by atoms with Crippen LogP contribution in [0.5, 0.6) is 11.5 Å².